The van der Waals surface area contributed by atoms with Crippen LogP contribution in [0.4, 0.5) is 11.4 Å². The molecule has 43 heavy (non-hydrogen) atoms. The van der Waals surface area contributed by atoms with E-state index < -0.39 is 52.2 Å². The first-order valence-electron chi connectivity index (χ1n) is 14.0. The number of nitrogens with zero attached hydrogens (tertiary/aromatic N) is 2. The summed E-state index contributed by atoms with van der Waals surface area (Å²) in [6.07, 6.45) is 0.0681. The number of aliphatic carboxylic acids is 1. The number of fused-ring (bicyclic) bond motifs is 4. The molecule has 2 saturated heterocycles. The molecule has 0 aliphatic carbocycles. The van der Waals surface area contributed by atoms with Crippen LogP contribution in [0.2, 0.25) is 20.1 Å². The Morgan fingerprint density at radius 1 is 1.02 bits per heavy atom. The van der Waals surface area contributed by atoms with E-state index in [-0.39, 0.29) is 46.2 Å². The number of amides is 2. The van der Waals surface area contributed by atoms with Gasteiger partial charge in [0, 0.05) is 45.5 Å². The van der Waals surface area contributed by atoms with Crippen LogP contribution < -0.4 is 10.2 Å². The Morgan fingerprint density at radius 2 is 1.60 bits per heavy atom. The van der Waals surface area contributed by atoms with Gasteiger partial charge in [0.2, 0.25) is 5.91 Å². The second-order valence-electron chi connectivity index (χ2n) is 14.0. The number of nitrogens with one attached hydrogen (secondary N) is 1. The zero-order valence-electron chi connectivity index (χ0n) is 24.8. The molecule has 232 valence electrons. The van der Waals surface area contributed by atoms with E-state index in [9.17, 15) is 19.8 Å². The molecule has 0 aromatic heterocycles. The monoisotopic (exact) mass is 669 g/mol. The number of aliphatic hydroxyl groups is 1. The van der Waals surface area contributed by atoms with Crippen LogP contribution in [0.15, 0.2) is 30.3 Å². The van der Waals surface area contributed by atoms with Crippen molar-refractivity contribution in [2.75, 3.05) is 23.3 Å². The molecule has 2 aromatic carbocycles. The highest BCUT2D eigenvalue weighted by atomic mass is 35.5. The number of rotatable bonds is 5. The molecule has 12 heteroatoms. The number of carboxylic acid groups (broad SMARTS) is 1. The molecule has 0 saturated carbocycles. The number of hydrogen-bond donors (Lipinski definition) is 3. The van der Waals surface area contributed by atoms with E-state index in [1.807, 2.05) is 13.8 Å². The van der Waals surface area contributed by atoms with Crippen LogP contribution in [-0.2, 0) is 19.9 Å². The molecular formula is C31H35Cl4N3O5. The van der Waals surface area contributed by atoms with Gasteiger partial charge in [0.25, 0.3) is 5.91 Å². The minimum Gasteiger partial charge on any atom is -0.481 e. The second kappa shape index (κ2) is 10.5. The summed E-state index contributed by atoms with van der Waals surface area (Å²) in [6.45, 7) is 12.0. The molecule has 3 N–H and O–H groups in total. The molecule has 5 atom stereocenters. The van der Waals surface area contributed by atoms with Crippen molar-refractivity contribution in [2.45, 2.75) is 65.1 Å². The van der Waals surface area contributed by atoms with Gasteiger partial charge in [-0.3, -0.25) is 19.3 Å². The second-order valence-corrected chi connectivity index (χ2v) is 15.7. The van der Waals surface area contributed by atoms with Gasteiger partial charge in [-0.05, 0) is 54.5 Å². The summed E-state index contributed by atoms with van der Waals surface area (Å²) >= 11 is 25.7. The van der Waals surface area contributed by atoms with Gasteiger partial charge in [-0.2, -0.15) is 0 Å². The predicted octanol–water partition coefficient (Wildman–Crippen LogP) is 6.71. The molecule has 0 radical (unpaired) electrons. The standard InChI is InChI=1S/C31H35Cl4N3O5/c1-28(2,3)29(4,5)13-37(18-8-15(32)7-16(33)9-18)25(39)22-21-12-30(6,43)14-38(21)31(23(22)26(40)41)19-10-17(34)11-20(35)24(19)36-27(31)42/h7-11,21-23,43H,12-14H2,1-6H3,(H,36,42)(H,40,41)/t21?,22?,23?,30-,31-/m0/s1. The lowest BCUT2D eigenvalue weighted by atomic mass is 9.68. The summed E-state index contributed by atoms with van der Waals surface area (Å²) in [5, 5.41) is 25.9. The van der Waals surface area contributed by atoms with Crippen molar-refractivity contribution >= 4 is 75.6 Å². The Labute approximate surface area is 271 Å². The van der Waals surface area contributed by atoms with Crippen LogP contribution in [0, 0.1) is 22.7 Å². The third kappa shape index (κ3) is 5.12. The summed E-state index contributed by atoms with van der Waals surface area (Å²) < 4.78 is 0. The van der Waals surface area contributed by atoms with Crippen LogP contribution >= 0.6 is 46.4 Å². The topological polar surface area (TPSA) is 110 Å². The maximum atomic E-state index is 15.0. The minimum absolute atomic E-state index is 0.0430. The number of carboxylic acids is 1. The lowest BCUT2D eigenvalue weighted by molar-refractivity contribution is -0.153. The Morgan fingerprint density at radius 3 is 2.16 bits per heavy atom. The number of benzene rings is 2. The van der Waals surface area contributed by atoms with Gasteiger partial charge in [0.15, 0.2) is 0 Å². The Bertz CT molecular complexity index is 1520. The van der Waals surface area contributed by atoms with E-state index in [1.54, 1.807) is 30.0 Å². The van der Waals surface area contributed by atoms with Crippen molar-refractivity contribution < 1.29 is 24.6 Å². The first-order valence-corrected chi connectivity index (χ1v) is 15.5. The van der Waals surface area contributed by atoms with Crippen molar-refractivity contribution in [1.82, 2.24) is 4.90 Å². The number of anilines is 2. The van der Waals surface area contributed by atoms with Gasteiger partial charge in [0.05, 0.1) is 22.2 Å². The van der Waals surface area contributed by atoms with Crippen LogP contribution in [0.25, 0.3) is 0 Å². The summed E-state index contributed by atoms with van der Waals surface area (Å²) in [7, 11) is 0. The van der Waals surface area contributed by atoms with Crippen molar-refractivity contribution in [3.8, 4) is 0 Å². The molecule has 8 nitrogen and oxygen atoms in total. The van der Waals surface area contributed by atoms with Crippen molar-refractivity contribution in [3.05, 3.63) is 56.0 Å². The third-order valence-corrected chi connectivity index (χ3v) is 10.8. The van der Waals surface area contributed by atoms with Crippen molar-refractivity contribution in [3.63, 3.8) is 0 Å². The fraction of sp³-hybridized carbons (Fsp3) is 0.516. The van der Waals surface area contributed by atoms with E-state index in [1.165, 1.54) is 17.0 Å². The van der Waals surface area contributed by atoms with E-state index in [0.717, 1.165) is 0 Å². The van der Waals surface area contributed by atoms with Crippen LogP contribution in [0.3, 0.4) is 0 Å². The highest BCUT2D eigenvalue weighted by Crippen LogP contribution is 2.60. The summed E-state index contributed by atoms with van der Waals surface area (Å²) in [5.74, 6) is -5.25. The fourth-order valence-electron chi connectivity index (χ4n) is 6.85. The average Bonchev–Trinajstić information content (AvgIpc) is 3.41. The molecule has 0 bridgehead atoms. The quantitative estimate of drug-likeness (QED) is 0.326. The minimum atomic E-state index is -1.85. The lowest BCUT2D eigenvalue weighted by Gasteiger charge is -2.43. The fourth-order valence-corrected chi connectivity index (χ4v) is 7.90. The molecular weight excluding hydrogens is 636 g/mol. The molecule has 5 rings (SSSR count). The first-order chi connectivity index (χ1) is 19.7. The van der Waals surface area contributed by atoms with Crippen molar-refractivity contribution in [1.29, 1.82) is 0 Å². The van der Waals surface area contributed by atoms with E-state index in [4.69, 9.17) is 46.4 Å². The third-order valence-electron chi connectivity index (χ3n) is 9.85. The van der Waals surface area contributed by atoms with Gasteiger partial charge in [-0.25, -0.2) is 0 Å². The highest BCUT2D eigenvalue weighted by Gasteiger charge is 2.73. The first kappa shape index (κ1) is 32.3. The van der Waals surface area contributed by atoms with Crippen LogP contribution in [0.1, 0.15) is 53.5 Å². The smallest absolute Gasteiger partial charge is 0.310 e. The Hall–Kier alpha value is -2.07. The van der Waals surface area contributed by atoms with Crippen LogP contribution in [0.5, 0.6) is 0 Å². The summed E-state index contributed by atoms with van der Waals surface area (Å²) in [4.78, 5) is 45.7. The molecule has 2 amide bonds. The van der Waals surface area contributed by atoms with E-state index in [0.29, 0.717) is 15.7 Å². The van der Waals surface area contributed by atoms with Gasteiger partial charge in [-0.15, -0.1) is 0 Å². The lowest BCUT2D eigenvalue weighted by Crippen LogP contribution is -2.55. The van der Waals surface area contributed by atoms with Gasteiger partial charge < -0.3 is 20.4 Å². The summed E-state index contributed by atoms with van der Waals surface area (Å²) in [5.41, 5.74) is -2.97. The van der Waals surface area contributed by atoms with Gasteiger partial charge in [0.1, 0.15) is 11.5 Å². The molecule has 1 spiro atoms. The zero-order valence-corrected chi connectivity index (χ0v) is 27.8. The number of halogens is 4. The highest BCUT2D eigenvalue weighted by molar-refractivity contribution is 6.38. The van der Waals surface area contributed by atoms with Crippen molar-refractivity contribution in [2.24, 2.45) is 22.7 Å². The Kier molecular flexibility index (Phi) is 7.89. The number of carbonyl (C=O) groups excluding carboxylic acids is 2. The molecule has 3 heterocycles. The number of hydrogen-bond acceptors (Lipinski definition) is 5. The average molecular weight is 671 g/mol. The maximum absolute atomic E-state index is 15.0. The summed E-state index contributed by atoms with van der Waals surface area (Å²) in [6, 6.07) is 6.97. The predicted molar refractivity (Wildman–Crippen MR) is 169 cm³/mol. The number of carbonyl (C=O) groups is 3. The van der Waals surface area contributed by atoms with Gasteiger partial charge in [-0.1, -0.05) is 81.0 Å². The molecule has 3 aliphatic heterocycles. The van der Waals surface area contributed by atoms with E-state index in [2.05, 4.69) is 26.1 Å². The Balaban J connectivity index is 1.75. The largest absolute Gasteiger partial charge is 0.481 e. The molecule has 3 aliphatic rings. The SMILES string of the molecule is CC(C)(C)C(C)(C)CN(C(=O)C1C2C[C@](C)(O)CN2[C@]2(C(=O)Nc3c(Cl)cc(Cl)cc32)C1C(=O)O)c1cc(Cl)cc(Cl)c1. The van der Waals surface area contributed by atoms with Gasteiger partial charge >= 0.3 is 5.97 Å². The zero-order chi connectivity index (χ0) is 32.0. The normalized spacial score (nSPS) is 28.6. The molecule has 2 aromatic rings. The van der Waals surface area contributed by atoms with Crippen LogP contribution in [-0.4, -0.2) is 57.6 Å². The van der Waals surface area contributed by atoms with E-state index >= 15 is 4.79 Å². The maximum Gasteiger partial charge on any atom is 0.310 e. The molecule has 2 fully saturated rings. The molecule has 3 unspecified atom stereocenters.